The number of sulfonamides is 1. The summed E-state index contributed by atoms with van der Waals surface area (Å²) in [7, 11) is -4.36. The van der Waals surface area contributed by atoms with Gasteiger partial charge >= 0.3 is 0 Å². The number of nitrogen functional groups attached to an aromatic ring is 1. The van der Waals surface area contributed by atoms with Gasteiger partial charge in [0.1, 0.15) is 29.4 Å². The summed E-state index contributed by atoms with van der Waals surface area (Å²) in [6.07, 6.45) is -0.942. The first-order chi connectivity index (χ1) is 17.9. The summed E-state index contributed by atoms with van der Waals surface area (Å²) in [4.78, 5) is 23.1. The Bertz CT molecular complexity index is 1460. The number of ether oxygens (including phenoxy) is 1. The van der Waals surface area contributed by atoms with Crippen LogP contribution in [0.2, 0.25) is 0 Å². The first-order valence-corrected chi connectivity index (χ1v) is 13.6. The highest BCUT2D eigenvalue weighted by Crippen LogP contribution is 2.32. The molecule has 1 aromatic carbocycles. The Balaban J connectivity index is 0.00000420. The Morgan fingerprint density at radius 2 is 2.00 bits per heavy atom. The molecule has 1 fully saturated rings. The van der Waals surface area contributed by atoms with Gasteiger partial charge in [-0.2, -0.15) is 8.42 Å². The molecule has 204 valence electrons. The Labute approximate surface area is 221 Å². The molecule has 38 heavy (non-hydrogen) atoms. The van der Waals surface area contributed by atoms with Crippen molar-refractivity contribution in [1.82, 2.24) is 14.7 Å². The molecule has 4 rings (SSSR count). The lowest BCUT2D eigenvalue weighted by atomic mass is 10.1. The van der Waals surface area contributed by atoms with E-state index < -0.39 is 32.9 Å². The summed E-state index contributed by atoms with van der Waals surface area (Å²) in [5.74, 6) is -0.911. The van der Waals surface area contributed by atoms with Gasteiger partial charge in [0.25, 0.3) is 15.9 Å². The number of nitrogens with two attached hydrogens (primary N) is 1. The third-order valence-electron chi connectivity index (χ3n) is 5.91. The van der Waals surface area contributed by atoms with E-state index >= 15 is 0 Å². The molecule has 0 saturated carbocycles. The maximum atomic E-state index is 14.4. The van der Waals surface area contributed by atoms with Crippen molar-refractivity contribution < 1.29 is 28.2 Å². The number of pyridine rings is 2. The predicted octanol–water partition coefficient (Wildman–Crippen LogP) is 4.20. The zero-order chi connectivity index (χ0) is 27.6. The fourth-order valence-electron chi connectivity index (χ4n) is 4.13. The van der Waals surface area contributed by atoms with Crippen LogP contribution in [0.3, 0.4) is 0 Å². The Kier molecular flexibility index (Phi) is 7.81. The molecular weight excluding hydrogens is 516 g/mol. The van der Waals surface area contributed by atoms with Crippen LogP contribution in [-0.2, 0) is 10.0 Å². The number of carbonyl (C=O) groups excluding carboxylic acids is 1. The van der Waals surface area contributed by atoms with Crippen molar-refractivity contribution in [3.63, 3.8) is 0 Å². The second kappa shape index (κ2) is 10.9. The lowest BCUT2D eigenvalue weighted by Crippen LogP contribution is -2.35. The van der Waals surface area contributed by atoms with E-state index in [1.54, 1.807) is 17.9 Å². The van der Waals surface area contributed by atoms with Crippen LogP contribution in [0.1, 0.15) is 39.0 Å². The highest BCUT2D eigenvalue weighted by atomic mass is 32.2. The van der Waals surface area contributed by atoms with Gasteiger partial charge in [-0.15, -0.1) is 0 Å². The number of anilines is 2. The fraction of sp³-hybridized carbons (Fsp3) is 0.346. The van der Waals surface area contributed by atoms with Crippen LogP contribution in [-0.4, -0.2) is 49.7 Å². The largest absolute Gasteiger partial charge is 0.493 e. The molecular formula is C26H31F2N5O4S. The molecule has 9 nitrogen and oxygen atoms in total. The lowest BCUT2D eigenvalue weighted by Gasteiger charge is -2.25. The highest BCUT2D eigenvalue weighted by Gasteiger charge is 2.33. The van der Waals surface area contributed by atoms with Crippen molar-refractivity contribution in [1.29, 1.82) is 0 Å². The molecule has 3 N–H and O–H groups in total. The summed E-state index contributed by atoms with van der Waals surface area (Å²) >= 11 is 0. The fourth-order valence-corrected chi connectivity index (χ4v) is 5.07. The lowest BCUT2D eigenvalue weighted by molar-refractivity contribution is 0.0981. The predicted molar refractivity (Wildman–Crippen MR) is 142 cm³/mol. The van der Waals surface area contributed by atoms with E-state index in [4.69, 9.17) is 10.5 Å². The van der Waals surface area contributed by atoms with E-state index in [9.17, 15) is 22.0 Å². The van der Waals surface area contributed by atoms with Gasteiger partial charge in [-0.05, 0) is 49.2 Å². The van der Waals surface area contributed by atoms with E-state index in [2.05, 4.69) is 9.97 Å². The molecule has 3 heterocycles. The molecule has 0 bridgehead atoms. The number of hydrogen-bond acceptors (Lipinski definition) is 8. The maximum absolute atomic E-state index is 14.4. The van der Waals surface area contributed by atoms with Crippen molar-refractivity contribution >= 4 is 27.6 Å². The number of alkyl halides is 1. The number of rotatable bonds is 8. The number of nitrogens with one attached hydrogen (secondary N) is 1. The summed E-state index contributed by atoms with van der Waals surface area (Å²) in [6.45, 7) is 6.07. The molecule has 1 aliphatic rings. The molecule has 0 unspecified atom stereocenters. The van der Waals surface area contributed by atoms with Gasteiger partial charge in [0.15, 0.2) is 5.03 Å². The molecule has 0 radical (unpaired) electrons. The number of benzene rings is 1. The molecule has 1 aliphatic heterocycles. The van der Waals surface area contributed by atoms with Crippen LogP contribution in [0.15, 0.2) is 53.6 Å². The first kappa shape index (κ1) is 27.2. The SMILES string of the molecule is CC(C)COc1cc(F)cc(-c2ccc(C(=O)NS(=O)(=O)c3cccc(N)n3)c(N3C[C@@H](F)C[C@H]3C)n2)c1.[HH]. The standard InChI is InChI=1S/C26H29F2N5O4S.H2/c1-15(2)14-37-20-11-17(10-18(27)12-20)22-8-7-21(25(30-22)33-13-19(28)9-16(33)3)26(34)32-38(35,36)24-6-4-5-23(29)31-24;/h4-8,10-12,15-16,19H,9,13-14H2,1-3H3,(H2,29,31)(H,32,34);1H/t16-,19+;/m1./s1. The maximum Gasteiger partial charge on any atom is 0.281 e. The average molecular weight is 548 g/mol. The Morgan fingerprint density at radius 3 is 2.66 bits per heavy atom. The first-order valence-electron chi connectivity index (χ1n) is 12.1. The molecule has 0 spiro atoms. The zero-order valence-corrected chi connectivity index (χ0v) is 22.0. The number of aromatic nitrogens is 2. The molecule has 1 amide bonds. The molecule has 3 aromatic rings. The molecule has 0 aliphatic carbocycles. The van der Waals surface area contributed by atoms with Crippen molar-refractivity contribution in [2.45, 2.75) is 44.4 Å². The van der Waals surface area contributed by atoms with Gasteiger partial charge in [-0.25, -0.2) is 23.5 Å². The van der Waals surface area contributed by atoms with Crippen molar-refractivity contribution in [2.24, 2.45) is 5.92 Å². The summed E-state index contributed by atoms with van der Waals surface area (Å²) in [5.41, 5.74) is 6.19. The van der Waals surface area contributed by atoms with Gasteiger partial charge in [0.05, 0.1) is 24.4 Å². The smallest absolute Gasteiger partial charge is 0.281 e. The van der Waals surface area contributed by atoms with E-state index in [1.165, 1.54) is 42.5 Å². The number of amides is 1. The van der Waals surface area contributed by atoms with Crippen LogP contribution in [0.5, 0.6) is 5.75 Å². The number of hydrogen-bond donors (Lipinski definition) is 2. The van der Waals surface area contributed by atoms with E-state index in [-0.39, 0.29) is 43.6 Å². The van der Waals surface area contributed by atoms with Gasteiger partial charge in [-0.1, -0.05) is 19.9 Å². The van der Waals surface area contributed by atoms with Crippen LogP contribution < -0.4 is 20.1 Å². The monoisotopic (exact) mass is 547 g/mol. The minimum Gasteiger partial charge on any atom is -0.493 e. The van der Waals surface area contributed by atoms with Crippen molar-refractivity contribution in [3.8, 4) is 17.0 Å². The highest BCUT2D eigenvalue weighted by molar-refractivity contribution is 7.90. The average Bonchev–Trinajstić information content (AvgIpc) is 3.19. The zero-order valence-electron chi connectivity index (χ0n) is 21.2. The third-order valence-corrected chi connectivity index (χ3v) is 7.15. The summed E-state index contributed by atoms with van der Waals surface area (Å²) in [6, 6.07) is 10.7. The topological polar surface area (TPSA) is 128 Å². The van der Waals surface area contributed by atoms with E-state index in [0.29, 0.717) is 23.6 Å². The van der Waals surface area contributed by atoms with Crippen molar-refractivity contribution in [2.75, 3.05) is 23.8 Å². The second-order valence-electron chi connectivity index (χ2n) is 9.62. The Hall–Kier alpha value is -3.80. The molecule has 2 atom stereocenters. The number of halogens is 2. The van der Waals surface area contributed by atoms with Crippen LogP contribution in [0.25, 0.3) is 11.3 Å². The van der Waals surface area contributed by atoms with Gasteiger partial charge in [0, 0.05) is 25.5 Å². The molecule has 2 aromatic heterocycles. The molecule has 12 heteroatoms. The summed E-state index contributed by atoms with van der Waals surface area (Å²) < 4.78 is 62.0. The third kappa shape index (κ3) is 6.18. The number of carbonyl (C=O) groups is 1. The van der Waals surface area contributed by atoms with E-state index in [1.807, 2.05) is 18.6 Å². The van der Waals surface area contributed by atoms with Crippen LogP contribution >= 0.6 is 0 Å². The minimum atomic E-state index is -4.36. The summed E-state index contributed by atoms with van der Waals surface area (Å²) in [5, 5.41) is -0.427. The van der Waals surface area contributed by atoms with Crippen LogP contribution in [0, 0.1) is 11.7 Å². The number of nitrogens with zero attached hydrogens (tertiary/aromatic N) is 3. The minimum absolute atomic E-state index is 0. The van der Waals surface area contributed by atoms with Crippen molar-refractivity contribution in [3.05, 3.63) is 59.9 Å². The molecule has 1 saturated heterocycles. The van der Waals surface area contributed by atoms with Gasteiger partial charge < -0.3 is 15.4 Å². The van der Waals surface area contributed by atoms with Gasteiger partial charge in [0.2, 0.25) is 0 Å². The Morgan fingerprint density at radius 1 is 1.24 bits per heavy atom. The van der Waals surface area contributed by atoms with Crippen LogP contribution in [0.4, 0.5) is 20.4 Å². The normalized spacial score (nSPS) is 17.6. The second-order valence-corrected chi connectivity index (χ2v) is 11.2. The quantitative estimate of drug-likeness (QED) is 0.430. The van der Waals surface area contributed by atoms with E-state index in [0.717, 1.165) is 0 Å². The van der Waals surface area contributed by atoms with Gasteiger partial charge in [-0.3, -0.25) is 4.79 Å².